The van der Waals surface area contributed by atoms with Crippen LogP contribution in [-0.2, 0) is 35.6 Å². The number of pyridine rings is 1. The summed E-state index contributed by atoms with van der Waals surface area (Å²) in [5.41, 5.74) is 9.50. The van der Waals surface area contributed by atoms with Crippen LogP contribution in [0.4, 0.5) is 18.0 Å². The second kappa shape index (κ2) is 20.2. The third-order valence-corrected chi connectivity index (χ3v) is 16.1. The molecule has 2 aliphatic carbocycles. The zero-order chi connectivity index (χ0) is 48.4. The van der Waals surface area contributed by atoms with Gasteiger partial charge in [0.2, 0.25) is 39.5 Å². The number of alkyl halides is 2. The van der Waals surface area contributed by atoms with Crippen LogP contribution in [0, 0.1) is 29.5 Å². The Morgan fingerprint density at radius 2 is 1.85 bits per heavy atom. The number of fused-ring (bicyclic) bond motifs is 3. The van der Waals surface area contributed by atoms with Crippen molar-refractivity contribution in [1.29, 1.82) is 0 Å². The maximum Gasteiger partial charge on any atom is 0.422 e. The number of nitrogens with two attached hydrogens (primary N) is 1. The molecule has 3 heterocycles. The largest absolute Gasteiger partial charge is 0.494 e. The molecule has 0 bridgehead atoms. The predicted molar refractivity (Wildman–Crippen MR) is 239 cm³/mol. The highest BCUT2D eigenvalue weighted by molar-refractivity contribution is 7.91. The maximum absolute atomic E-state index is 15.1. The van der Waals surface area contributed by atoms with E-state index in [0.717, 1.165) is 38.7 Å². The quantitative estimate of drug-likeness (QED) is 0.0841. The number of hydrogen-bond donors (Lipinski definition) is 4. The van der Waals surface area contributed by atoms with E-state index in [1.807, 2.05) is 26.0 Å². The molecule has 2 aromatic rings. The fourth-order valence-corrected chi connectivity index (χ4v) is 10.4. The highest BCUT2D eigenvalue weighted by Crippen LogP contribution is 2.43. The van der Waals surface area contributed by atoms with Crippen LogP contribution in [0.3, 0.4) is 0 Å². The van der Waals surface area contributed by atoms with Crippen LogP contribution < -0.4 is 35.5 Å². The highest BCUT2D eigenvalue weighted by Gasteiger charge is 2.52. The number of nitrogens with zero attached hydrogens (tertiary/aromatic N) is 2. The van der Waals surface area contributed by atoms with Crippen molar-refractivity contribution in [3.05, 3.63) is 35.7 Å². The number of carbonyl (C=O) groups is 4. The van der Waals surface area contributed by atoms with Gasteiger partial charge in [0.25, 0.3) is 5.92 Å². The molecular formula is C46H65F3N6O10S. The number of carbonyl (C=O) groups excluding carboxylic acids is 4. The van der Waals surface area contributed by atoms with Gasteiger partial charge >= 0.3 is 6.09 Å². The molecule has 1 aromatic heterocycles. The van der Waals surface area contributed by atoms with E-state index in [9.17, 15) is 36.4 Å². The molecule has 1 unspecified atom stereocenters. The summed E-state index contributed by atoms with van der Waals surface area (Å²) in [5, 5.41) is 0.964. The fourth-order valence-electron chi connectivity index (χ4n) is 9.08. The summed E-state index contributed by atoms with van der Waals surface area (Å²) in [5.74, 6) is -6.61. The Morgan fingerprint density at radius 3 is 2.50 bits per heavy atom. The predicted octanol–water partition coefficient (Wildman–Crippen LogP) is 6.38. The van der Waals surface area contributed by atoms with Gasteiger partial charge in [-0.25, -0.2) is 31.8 Å². The van der Waals surface area contributed by atoms with Gasteiger partial charge in [-0.1, -0.05) is 38.8 Å². The lowest BCUT2D eigenvalue weighted by molar-refractivity contribution is -0.151. The number of allylic oxidation sites excluding steroid dienone is 2. The van der Waals surface area contributed by atoms with Gasteiger partial charge in [-0.05, 0) is 114 Å². The average Bonchev–Trinajstić information content (AvgIpc) is 3.62. The van der Waals surface area contributed by atoms with Gasteiger partial charge in [0.15, 0.2) is 17.2 Å². The lowest BCUT2D eigenvalue weighted by Crippen LogP contribution is -2.59. The van der Waals surface area contributed by atoms with Crippen molar-refractivity contribution in [2.24, 2.45) is 29.4 Å². The minimum absolute atomic E-state index is 0.000305. The number of hydrogen-bond acceptors (Lipinski definition) is 12. The Morgan fingerprint density at radius 1 is 1.12 bits per heavy atom. The zero-order valence-corrected chi connectivity index (χ0v) is 39.7. The molecule has 7 atom stereocenters. The van der Waals surface area contributed by atoms with Gasteiger partial charge in [-0.15, -0.1) is 0 Å². The topological polar surface area (TPSA) is 218 Å². The van der Waals surface area contributed by atoms with Gasteiger partial charge in [0.1, 0.15) is 18.2 Å². The zero-order valence-electron chi connectivity index (χ0n) is 38.8. The lowest BCUT2D eigenvalue weighted by Gasteiger charge is -2.34. The molecule has 366 valence electrons. The van der Waals surface area contributed by atoms with Crippen LogP contribution in [0.5, 0.6) is 17.5 Å². The summed E-state index contributed by atoms with van der Waals surface area (Å²) < 4.78 is 93.2. The summed E-state index contributed by atoms with van der Waals surface area (Å²) in [6, 6.07) is 0.456. The van der Waals surface area contributed by atoms with Crippen LogP contribution in [0.2, 0.25) is 0 Å². The van der Waals surface area contributed by atoms with Crippen molar-refractivity contribution in [1.82, 2.24) is 25.5 Å². The van der Waals surface area contributed by atoms with Crippen molar-refractivity contribution in [2.75, 3.05) is 20.3 Å². The third-order valence-electron chi connectivity index (χ3n) is 13.9. The van der Waals surface area contributed by atoms with E-state index in [2.05, 4.69) is 20.6 Å². The molecule has 3 fully saturated rings. The van der Waals surface area contributed by atoms with Gasteiger partial charge in [-0.3, -0.25) is 24.5 Å². The van der Waals surface area contributed by atoms with Crippen LogP contribution in [0.25, 0.3) is 10.8 Å². The lowest BCUT2D eigenvalue weighted by atomic mass is 9.85. The van der Waals surface area contributed by atoms with Gasteiger partial charge < -0.3 is 29.6 Å². The molecule has 0 radical (unpaired) electrons. The molecule has 2 aliphatic heterocycles. The number of methoxy groups -OCH3 is 1. The second-order valence-corrected chi connectivity index (χ2v) is 21.4. The number of aryl methyl sites for hydroxylation is 1. The van der Waals surface area contributed by atoms with Gasteiger partial charge in [0, 0.05) is 30.2 Å². The molecule has 4 amide bonds. The Balaban J connectivity index is 1.17. The number of benzene rings is 1. The number of halogens is 3. The molecule has 20 heteroatoms. The van der Waals surface area contributed by atoms with Crippen LogP contribution >= 0.6 is 0 Å². The Labute approximate surface area is 384 Å². The third kappa shape index (κ3) is 11.3. The molecular weight excluding hydrogens is 886 g/mol. The molecule has 4 aliphatic rings. The SMILES string of the molecule is CC[C@H](C[C@H](C)CC/C=C\[C@@H]1CCCC1C(=O)NS(=O)(=O)C1(C)CC1)[C@H](NNC(=O)OC(C)(C)C(C)(F)F)C(=O)N1C[C@H](Oc2nc3c(c4cc(OC)c(F)cc24)CCCO3)C[C@H]1C(N)=O. The summed E-state index contributed by atoms with van der Waals surface area (Å²) in [4.78, 5) is 59.7. The Kier molecular flexibility index (Phi) is 15.5. The molecule has 5 N–H and O–H groups in total. The maximum atomic E-state index is 15.1. The minimum Gasteiger partial charge on any atom is -0.494 e. The van der Waals surface area contributed by atoms with E-state index >= 15 is 4.39 Å². The second-order valence-electron chi connectivity index (χ2n) is 19.2. The number of hydrazine groups is 1. The van der Waals surface area contributed by atoms with Crippen molar-refractivity contribution in [3.63, 3.8) is 0 Å². The molecule has 2 saturated carbocycles. The normalized spacial score (nSPS) is 23.1. The summed E-state index contributed by atoms with van der Waals surface area (Å²) >= 11 is 0. The van der Waals surface area contributed by atoms with Crippen molar-refractivity contribution < 1.29 is 59.7 Å². The van der Waals surface area contributed by atoms with E-state index in [0.29, 0.717) is 81.5 Å². The summed E-state index contributed by atoms with van der Waals surface area (Å²) in [6.45, 7) is 8.50. The molecule has 16 nitrogen and oxygen atoms in total. The Bertz CT molecular complexity index is 2290. The van der Waals surface area contributed by atoms with Gasteiger partial charge in [-0.2, -0.15) is 4.98 Å². The number of amides is 4. The van der Waals surface area contributed by atoms with E-state index in [1.165, 1.54) is 18.1 Å². The molecule has 6 rings (SSSR count). The monoisotopic (exact) mass is 950 g/mol. The number of likely N-dealkylation sites (tertiary alicyclic amines) is 1. The molecule has 66 heavy (non-hydrogen) atoms. The molecule has 1 saturated heterocycles. The summed E-state index contributed by atoms with van der Waals surface area (Å²) in [6.07, 6.45) is 8.54. The van der Waals surface area contributed by atoms with E-state index in [4.69, 9.17) is 24.7 Å². The smallest absolute Gasteiger partial charge is 0.422 e. The van der Waals surface area contributed by atoms with Crippen LogP contribution in [-0.4, -0.2) is 96.8 Å². The van der Waals surface area contributed by atoms with Crippen LogP contribution in [0.15, 0.2) is 24.3 Å². The number of sulfonamides is 1. The van der Waals surface area contributed by atoms with E-state index in [1.54, 1.807) is 13.0 Å². The van der Waals surface area contributed by atoms with Gasteiger partial charge in [0.05, 0.1) is 25.0 Å². The van der Waals surface area contributed by atoms with E-state index in [-0.39, 0.29) is 36.4 Å². The van der Waals surface area contributed by atoms with Crippen molar-refractivity contribution in [2.45, 2.75) is 153 Å². The molecule has 1 aromatic carbocycles. The minimum atomic E-state index is -3.74. The number of rotatable bonds is 20. The number of nitrogens with one attached hydrogen (secondary N) is 3. The first-order chi connectivity index (χ1) is 31.0. The number of ether oxygens (including phenoxy) is 4. The first-order valence-electron chi connectivity index (χ1n) is 22.9. The first-order valence-corrected chi connectivity index (χ1v) is 24.4. The fraction of sp³-hybridized carbons (Fsp3) is 0.674. The number of aromatic nitrogens is 1. The average molecular weight is 951 g/mol. The number of primary amides is 1. The van der Waals surface area contributed by atoms with E-state index < -0.39 is 85.9 Å². The Hall–Kier alpha value is -4.85. The van der Waals surface area contributed by atoms with Crippen LogP contribution in [0.1, 0.15) is 118 Å². The van der Waals surface area contributed by atoms with Crippen molar-refractivity contribution in [3.8, 4) is 17.5 Å². The van der Waals surface area contributed by atoms with Crippen molar-refractivity contribution >= 4 is 44.6 Å². The standard InChI is InChI=1S/C46H65F3N6O10S/c1-8-27(21-26(2)13-9-10-14-28-15-11-16-30(28)39(57)54-66(60,61)45(5)18-19-45)37(52-53-43(59)65-44(3,4)46(6,48)49)42(58)55-25-29(22-35(55)38(50)56)64-41-33-23-34(47)36(62-7)24-32(33)31-17-12-20-63-40(31)51-41/h10,14,23-24,26-30,35,37,52H,8-9,11-13,15-22,25H2,1-7H3,(H2,50,56)(H,53,59)(H,54,57)/b14-10-/t26-,27-,28-,29-,30?,35+,37+/m1/s1. The molecule has 0 spiro atoms. The first kappa shape index (κ1) is 50.6. The summed E-state index contributed by atoms with van der Waals surface area (Å²) in [7, 11) is -2.38. The highest BCUT2D eigenvalue weighted by atomic mass is 32.2.